The Morgan fingerprint density at radius 3 is 2.23 bits per heavy atom. The number of carbonyl (C=O) groups is 1. The van der Waals surface area contributed by atoms with Crippen LogP contribution in [0.15, 0.2) is 18.2 Å². The van der Waals surface area contributed by atoms with Gasteiger partial charge in [0.1, 0.15) is 0 Å². The van der Waals surface area contributed by atoms with E-state index in [1.165, 1.54) is 0 Å². The molecule has 13 heavy (non-hydrogen) atoms. The quantitative estimate of drug-likeness (QED) is 0.657. The van der Waals surface area contributed by atoms with Crippen molar-refractivity contribution >= 4 is 29.1 Å². The van der Waals surface area contributed by atoms with Gasteiger partial charge in [-0.2, -0.15) is 0 Å². The van der Waals surface area contributed by atoms with Crippen LogP contribution in [0.2, 0.25) is 10.0 Å². The maximum atomic E-state index is 10.3. The smallest absolute Gasteiger partial charge is 0.293 e. The Kier molecular flexibility index (Phi) is 3.18. The summed E-state index contributed by atoms with van der Waals surface area (Å²) in [5.41, 5.74) is 5.40. The van der Waals surface area contributed by atoms with Crippen LogP contribution in [-0.4, -0.2) is 5.91 Å². The molecule has 1 aromatic rings. The molecule has 0 saturated heterocycles. The van der Waals surface area contributed by atoms with Crippen LogP contribution >= 0.6 is 23.2 Å². The minimum absolute atomic E-state index is 0.473. The molecule has 66 valence electrons. The van der Waals surface area contributed by atoms with Crippen molar-refractivity contribution in [2.24, 2.45) is 5.73 Å². The zero-order valence-electron chi connectivity index (χ0n) is 6.47. The van der Waals surface area contributed by atoms with Crippen molar-refractivity contribution in [1.82, 2.24) is 0 Å². The average molecular weight is 214 g/mol. The fourth-order valence-corrected chi connectivity index (χ4v) is 1.29. The van der Waals surface area contributed by atoms with E-state index in [2.05, 4.69) is 11.8 Å². The average Bonchev–Trinajstić information content (AvgIpc) is 1.99. The number of rotatable bonds is 0. The van der Waals surface area contributed by atoms with Gasteiger partial charge in [0.15, 0.2) is 0 Å². The highest BCUT2D eigenvalue weighted by Gasteiger charge is 1.94. The van der Waals surface area contributed by atoms with Crippen molar-refractivity contribution < 1.29 is 4.79 Å². The van der Waals surface area contributed by atoms with Crippen LogP contribution in [0.25, 0.3) is 0 Å². The van der Waals surface area contributed by atoms with Crippen molar-refractivity contribution in [3.63, 3.8) is 0 Å². The van der Waals surface area contributed by atoms with Gasteiger partial charge in [0, 0.05) is 15.6 Å². The summed E-state index contributed by atoms with van der Waals surface area (Å²) in [5, 5.41) is 0.947. The Morgan fingerprint density at radius 2 is 1.77 bits per heavy atom. The van der Waals surface area contributed by atoms with Crippen molar-refractivity contribution in [2.75, 3.05) is 0 Å². The van der Waals surface area contributed by atoms with Crippen LogP contribution in [0.5, 0.6) is 0 Å². The van der Waals surface area contributed by atoms with Gasteiger partial charge in [-0.1, -0.05) is 29.1 Å². The molecule has 1 aromatic carbocycles. The highest BCUT2D eigenvalue weighted by molar-refractivity contribution is 6.34. The second kappa shape index (κ2) is 4.18. The predicted molar refractivity (Wildman–Crippen MR) is 52.5 cm³/mol. The number of primary amides is 1. The largest absolute Gasteiger partial charge is 0.359 e. The Hall–Kier alpha value is -1.17. The molecule has 0 bridgehead atoms. The molecule has 0 aliphatic rings. The molecule has 2 N–H and O–H groups in total. The van der Waals surface area contributed by atoms with Crippen LogP contribution in [0.3, 0.4) is 0 Å². The van der Waals surface area contributed by atoms with Crippen LogP contribution < -0.4 is 5.73 Å². The minimum atomic E-state index is -0.684. The Bertz CT molecular complexity index is 384. The number of halogens is 2. The highest BCUT2D eigenvalue weighted by Crippen LogP contribution is 2.18. The van der Waals surface area contributed by atoms with E-state index in [4.69, 9.17) is 28.9 Å². The van der Waals surface area contributed by atoms with E-state index in [9.17, 15) is 4.79 Å². The molecule has 0 radical (unpaired) electrons. The van der Waals surface area contributed by atoms with Crippen molar-refractivity contribution in [3.8, 4) is 11.8 Å². The molecule has 0 aliphatic carbocycles. The number of benzene rings is 1. The van der Waals surface area contributed by atoms with Gasteiger partial charge >= 0.3 is 0 Å². The Morgan fingerprint density at radius 1 is 1.23 bits per heavy atom. The molecule has 0 aromatic heterocycles. The van der Waals surface area contributed by atoms with Gasteiger partial charge in [0.2, 0.25) is 0 Å². The number of carbonyl (C=O) groups excluding carboxylic acids is 1. The van der Waals surface area contributed by atoms with E-state index in [0.717, 1.165) is 0 Å². The third-order valence-electron chi connectivity index (χ3n) is 1.19. The molecule has 4 heteroatoms. The second-order valence-corrected chi connectivity index (χ2v) is 3.15. The van der Waals surface area contributed by atoms with E-state index in [1.54, 1.807) is 18.2 Å². The molecule has 0 atom stereocenters. The highest BCUT2D eigenvalue weighted by atomic mass is 35.5. The van der Waals surface area contributed by atoms with Crippen LogP contribution in [-0.2, 0) is 4.79 Å². The number of nitrogens with two attached hydrogens (primary N) is 1. The van der Waals surface area contributed by atoms with Crippen molar-refractivity contribution in [3.05, 3.63) is 33.8 Å². The summed E-state index contributed by atoms with van der Waals surface area (Å²) in [5.74, 6) is 4.04. The van der Waals surface area contributed by atoms with E-state index >= 15 is 0 Å². The summed E-state index contributed by atoms with van der Waals surface area (Å²) in [4.78, 5) is 10.3. The molecular weight excluding hydrogens is 209 g/mol. The molecule has 0 unspecified atom stereocenters. The van der Waals surface area contributed by atoms with Crippen LogP contribution in [0.4, 0.5) is 0 Å². The lowest BCUT2D eigenvalue weighted by molar-refractivity contribution is -0.112. The van der Waals surface area contributed by atoms with Crippen LogP contribution in [0.1, 0.15) is 5.56 Å². The molecule has 2 nitrogen and oxygen atoms in total. The second-order valence-electron chi connectivity index (χ2n) is 2.27. The first-order valence-electron chi connectivity index (χ1n) is 3.35. The molecular formula is C9H5Cl2NO. The first kappa shape index (κ1) is 9.91. The summed E-state index contributed by atoms with van der Waals surface area (Å²) < 4.78 is 0. The fourth-order valence-electron chi connectivity index (χ4n) is 0.760. The molecule has 1 rings (SSSR count). The third kappa shape index (κ3) is 3.37. The lowest BCUT2D eigenvalue weighted by Gasteiger charge is -1.93. The van der Waals surface area contributed by atoms with Gasteiger partial charge in [0.25, 0.3) is 5.91 Å². The minimum Gasteiger partial charge on any atom is -0.359 e. The van der Waals surface area contributed by atoms with Gasteiger partial charge in [-0.25, -0.2) is 0 Å². The molecule has 0 aliphatic heterocycles. The van der Waals surface area contributed by atoms with E-state index in [0.29, 0.717) is 15.6 Å². The predicted octanol–water partition coefficient (Wildman–Crippen LogP) is 1.83. The lowest BCUT2D eigenvalue weighted by atomic mass is 10.2. The van der Waals surface area contributed by atoms with Gasteiger partial charge in [-0.3, -0.25) is 4.79 Å². The molecule has 0 saturated carbocycles. The molecule has 1 amide bonds. The monoisotopic (exact) mass is 213 g/mol. The Balaban J connectivity index is 3.04. The molecule has 0 fully saturated rings. The standard InChI is InChI=1S/C9H5Cl2NO/c10-7-3-6(1-2-9(12)13)4-8(11)5-7/h3-5H,(H2,12,13). The van der Waals surface area contributed by atoms with E-state index in [-0.39, 0.29) is 0 Å². The summed E-state index contributed by atoms with van der Waals surface area (Å²) >= 11 is 11.4. The number of amides is 1. The first-order valence-corrected chi connectivity index (χ1v) is 4.11. The fraction of sp³-hybridized carbons (Fsp3) is 0. The van der Waals surface area contributed by atoms with Crippen molar-refractivity contribution in [2.45, 2.75) is 0 Å². The summed E-state index contributed by atoms with van der Waals surface area (Å²) in [7, 11) is 0. The third-order valence-corrected chi connectivity index (χ3v) is 1.63. The van der Waals surface area contributed by atoms with Gasteiger partial charge in [-0.15, -0.1) is 0 Å². The first-order chi connectivity index (χ1) is 6.08. The van der Waals surface area contributed by atoms with Gasteiger partial charge < -0.3 is 5.73 Å². The molecule has 0 heterocycles. The summed E-state index contributed by atoms with van der Waals surface area (Å²) in [6.07, 6.45) is 0. The summed E-state index contributed by atoms with van der Waals surface area (Å²) in [6, 6.07) is 4.78. The maximum Gasteiger partial charge on any atom is 0.293 e. The van der Waals surface area contributed by atoms with Crippen LogP contribution in [0, 0.1) is 11.8 Å². The zero-order valence-corrected chi connectivity index (χ0v) is 7.99. The number of hydrogen-bond acceptors (Lipinski definition) is 1. The van der Waals surface area contributed by atoms with E-state index in [1.807, 2.05) is 0 Å². The van der Waals surface area contributed by atoms with Gasteiger partial charge in [0.05, 0.1) is 0 Å². The topological polar surface area (TPSA) is 43.1 Å². The normalized spacial score (nSPS) is 8.77. The lowest BCUT2D eigenvalue weighted by Crippen LogP contribution is -2.06. The summed E-state index contributed by atoms with van der Waals surface area (Å²) in [6.45, 7) is 0. The van der Waals surface area contributed by atoms with E-state index < -0.39 is 5.91 Å². The van der Waals surface area contributed by atoms with Gasteiger partial charge in [-0.05, 0) is 24.1 Å². The maximum absolute atomic E-state index is 10.3. The Labute approximate surface area is 85.6 Å². The molecule has 0 spiro atoms. The zero-order chi connectivity index (χ0) is 9.84. The van der Waals surface area contributed by atoms with Crippen molar-refractivity contribution in [1.29, 1.82) is 0 Å². The number of hydrogen-bond donors (Lipinski definition) is 1. The SMILES string of the molecule is NC(=O)C#Cc1cc(Cl)cc(Cl)c1.